The zero-order valence-corrected chi connectivity index (χ0v) is 38.1. The van der Waals surface area contributed by atoms with Gasteiger partial charge < -0.3 is 57.4 Å². The normalized spacial score (nSPS) is 26.9. The molecule has 2 fully saturated rings. The first-order chi connectivity index (χ1) is 28.1. The van der Waals surface area contributed by atoms with Crippen LogP contribution in [0.25, 0.3) is 0 Å². The van der Waals surface area contributed by atoms with E-state index in [0.717, 1.165) is 33.3 Å². The number of amides is 1. The molecule has 0 unspecified atom stereocenters. The molecule has 0 spiro atoms. The number of ether oxygens (including phenoxy) is 11. The minimum absolute atomic E-state index is 0.0742. The maximum Gasteiger partial charge on any atom is 0.407 e. The number of benzene rings is 1. The smallest absolute Gasteiger partial charge is 0.407 e. The van der Waals surface area contributed by atoms with E-state index in [1.54, 1.807) is 0 Å². The van der Waals surface area contributed by atoms with Crippen LogP contribution >= 0.6 is 46.4 Å². The molecule has 60 heavy (non-hydrogen) atoms. The second-order valence-electron chi connectivity index (χ2n) is 14.8. The summed E-state index contributed by atoms with van der Waals surface area (Å²) in [5, 5.41) is 2.56. The van der Waals surface area contributed by atoms with Crippen molar-refractivity contribution >= 4 is 90.4 Å². The molecule has 1 N–H and O–H groups in total. The molecule has 0 aliphatic carbocycles. The van der Waals surface area contributed by atoms with Crippen molar-refractivity contribution in [2.45, 2.75) is 125 Å². The van der Waals surface area contributed by atoms with Crippen LogP contribution in [0.15, 0.2) is 30.3 Å². The lowest BCUT2D eigenvalue weighted by molar-refractivity contribution is -0.350. The molecular formula is C37H51Cl4NO17Si. The predicted molar refractivity (Wildman–Crippen MR) is 215 cm³/mol. The van der Waals surface area contributed by atoms with Crippen molar-refractivity contribution in [3.63, 3.8) is 0 Å². The van der Waals surface area contributed by atoms with Gasteiger partial charge in [-0.15, -0.1) is 11.6 Å². The Kier molecular flexibility index (Phi) is 20.6. The fraction of sp³-hybridized carbons (Fsp3) is 0.676. The van der Waals surface area contributed by atoms with Crippen molar-refractivity contribution in [2.24, 2.45) is 0 Å². The number of hydrogen-bond acceptors (Lipinski definition) is 17. The summed E-state index contributed by atoms with van der Waals surface area (Å²) in [6, 6.07) is 8.29. The molecule has 0 saturated carbocycles. The highest BCUT2D eigenvalue weighted by Crippen LogP contribution is 2.35. The molecule has 18 nitrogen and oxygen atoms in total. The lowest BCUT2D eigenvalue weighted by Crippen LogP contribution is -2.69. The van der Waals surface area contributed by atoms with E-state index in [2.05, 4.69) is 25.0 Å². The molecular weight excluding hydrogens is 900 g/mol. The van der Waals surface area contributed by atoms with Crippen molar-refractivity contribution in [1.82, 2.24) is 5.32 Å². The number of halogens is 4. The van der Waals surface area contributed by atoms with Gasteiger partial charge >= 0.3 is 35.9 Å². The molecule has 338 valence electrons. The molecule has 23 heteroatoms. The van der Waals surface area contributed by atoms with Crippen molar-refractivity contribution in [1.29, 1.82) is 0 Å². The minimum Gasteiger partial charge on any atom is -0.463 e. The van der Waals surface area contributed by atoms with Crippen molar-refractivity contribution in [3.8, 4) is 0 Å². The van der Waals surface area contributed by atoms with Crippen LogP contribution in [0.2, 0.25) is 25.7 Å². The van der Waals surface area contributed by atoms with E-state index in [4.69, 9.17) is 98.5 Å². The zero-order chi connectivity index (χ0) is 44.8. The summed E-state index contributed by atoms with van der Waals surface area (Å²) < 4.78 is 62.4. The summed E-state index contributed by atoms with van der Waals surface area (Å²) in [5.41, 5.74) is 0.787. The van der Waals surface area contributed by atoms with Gasteiger partial charge in [0.2, 0.25) is 3.79 Å². The minimum atomic E-state index is -2.00. The van der Waals surface area contributed by atoms with Gasteiger partial charge in [0.25, 0.3) is 0 Å². The lowest BCUT2D eigenvalue weighted by atomic mass is 9.95. The van der Waals surface area contributed by atoms with E-state index in [1.807, 2.05) is 30.3 Å². The topological polar surface area (TPSA) is 216 Å². The monoisotopic (exact) mass is 949 g/mol. The highest BCUT2D eigenvalue weighted by atomic mass is 35.6. The lowest BCUT2D eigenvalue weighted by Gasteiger charge is -2.49. The summed E-state index contributed by atoms with van der Waals surface area (Å²) in [5.74, 6) is -5.04. The third-order valence-electron chi connectivity index (χ3n) is 8.44. The third kappa shape index (κ3) is 17.8. The van der Waals surface area contributed by atoms with E-state index in [0.29, 0.717) is 6.04 Å². The number of alkyl carbamates (subject to hydrolysis) is 1. The standard InChI is InChI=1S/C37H51Cl4NO17Si/c1-20(43)51-18-26-30(53-21(2)44)32(54-22(3)45)33(55-23(4)46)35(57-26)59-29-25(17-49-16-24-11-9-8-10-12-24)56-34(50-13-14-60(5,6)7)28(31(29)58-27(47)15-38)42-36(48)52-19-37(39,40)41/h8-12,25-26,28-35H,13-19H2,1-7H3,(H,42,48)/t25-,26-,28-,29-,30+,31-,32+,33-,34-,35+/m1/s1. The predicted octanol–water partition coefficient (Wildman–Crippen LogP) is 4.37. The number of carbonyl (C=O) groups excluding carboxylic acids is 6. The van der Waals surface area contributed by atoms with Crippen molar-refractivity contribution < 1.29 is 80.9 Å². The maximum atomic E-state index is 13.3. The van der Waals surface area contributed by atoms with Crippen LogP contribution in [0.5, 0.6) is 0 Å². The highest BCUT2D eigenvalue weighted by Gasteiger charge is 2.57. The van der Waals surface area contributed by atoms with Gasteiger partial charge in [-0.05, 0) is 11.6 Å². The maximum absolute atomic E-state index is 13.3. The first-order valence-corrected chi connectivity index (χ1v) is 24.0. The number of alkyl halides is 4. The Morgan fingerprint density at radius 2 is 1.30 bits per heavy atom. The molecule has 1 aromatic rings. The van der Waals surface area contributed by atoms with Gasteiger partial charge in [0.15, 0.2) is 37.0 Å². The summed E-state index contributed by atoms with van der Waals surface area (Å²) in [7, 11) is -1.72. The van der Waals surface area contributed by atoms with E-state index in [9.17, 15) is 28.8 Å². The molecule has 2 aliphatic rings. The number of nitrogens with one attached hydrogen (secondary N) is 1. The number of esters is 5. The SMILES string of the molecule is CC(=O)OC[C@H]1O[C@@H](O[C@H]2[C@H](OC(=O)CCl)[C@@H](NC(=O)OCC(Cl)(Cl)Cl)[C@H](OCC[Si](C)(C)C)O[C@@H]2COCc2ccccc2)[C@H](OC(C)=O)[C@@H](OC(C)=O)[C@H]1OC(C)=O. The van der Waals surface area contributed by atoms with Gasteiger partial charge in [0.05, 0.1) is 13.2 Å². The number of carbonyl (C=O) groups is 6. The molecule has 0 radical (unpaired) electrons. The molecule has 1 amide bonds. The van der Waals surface area contributed by atoms with Crippen molar-refractivity contribution in [2.75, 3.05) is 32.3 Å². The van der Waals surface area contributed by atoms with Gasteiger partial charge in [-0.1, -0.05) is 84.8 Å². The summed E-state index contributed by atoms with van der Waals surface area (Å²) >= 11 is 23.4. The molecule has 0 aromatic heterocycles. The second kappa shape index (κ2) is 24.0. The molecule has 2 aliphatic heterocycles. The van der Waals surface area contributed by atoms with Crippen LogP contribution < -0.4 is 5.32 Å². The summed E-state index contributed by atoms with van der Waals surface area (Å²) in [6.45, 7) is 9.31. The number of hydrogen-bond donors (Lipinski definition) is 1. The third-order valence-corrected chi connectivity index (χ3v) is 10.7. The van der Waals surface area contributed by atoms with E-state index >= 15 is 0 Å². The van der Waals surface area contributed by atoms with E-state index in [-0.39, 0.29) is 19.8 Å². The average molecular weight is 952 g/mol. The van der Waals surface area contributed by atoms with Gasteiger partial charge in [-0.3, -0.25) is 24.0 Å². The quantitative estimate of drug-likeness (QED) is 0.0882. The molecule has 10 atom stereocenters. The molecule has 2 heterocycles. The Morgan fingerprint density at radius 3 is 1.87 bits per heavy atom. The summed E-state index contributed by atoms with van der Waals surface area (Å²) in [4.78, 5) is 75.9. The first-order valence-electron chi connectivity index (χ1n) is 18.7. The zero-order valence-electron chi connectivity index (χ0n) is 34.1. The molecule has 1 aromatic carbocycles. The van der Waals surface area contributed by atoms with E-state index < -0.39 is 128 Å². The van der Waals surface area contributed by atoms with Crippen LogP contribution in [-0.2, 0) is 82.7 Å². The van der Waals surface area contributed by atoms with Crippen molar-refractivity contribution in [3.05, 3.63) is 35.9 Å². The van der Waals surface area contributed by atoms with Crippen LogP contribution in [0.4, 0.5) is 4.79 Å². The van der Waals surface area contributed by atoms with Crippen LogP contribution in [-0.4, -0.2) is 141 Å². The second-order valence-corrected chi connectivity index (χ2v) is 23.2. The fourth-order valence-electron chi connectivity index (χ4n) is 5.95. The Balaban J connectivity index is 2.21. The van der Waals surface area contributed by atoms with Gasteiger partial charge in [0, 0.05) is 42.4 Å². The Bertz CT molecular complexity index is 1600. The molecule has 0 bridgehead atoms. The van der Waals surface area contributed by atoms with E-state index in [1.165, 1.54) is 0 Å². The number of rotatable bonds is 19. The van der Waals surface area contributed by atoms with Gasteiger partial charge in [-0.2, -0.15) is 0 Å². The Hall–Kier alpha value is -2.98. The first kappa shape index (κ1) is 51.4. The van der Waals surface area contributed by atoms with Gasteiger partial charge in [0.1, 0.15) is 43.4 Å². The Morgan fingerprint density at radius 1 is 0.717 bits per heavy atom. The molecule has 3 rings (SSSR count). The Labute approximate surface area is 368 Å². The van der Waals surface area contributed by atoms with Gasteiger partial charge in [-0.25, -0.2) is 4.79 Å². The van der Waals surface area contributed by atoms with Crippen LogP contribution in [0.3, 0.4) is 0 Å². The largest absolute Gasteiger partial charge is 0.463 e. The highest BCUT2D eigenvalue weighted by molar-refractivity contribution is 6.76. The molecule has 2 saturated heterocycles. The summed E-state index contributed by atoms with van der Waals surface area (Å²) in [6.07, 6.45) is -15.0. The van der Waals surface area contributed by atoms with Crippen LogP contribution in [0.1, 0.15) is 33.3 Å². The average Bonchev–Trinajstić information content (AvgIpc) is 3.13. The van der Waals surface area contributed by atoms with Crippen LogP contribution in [0, 0.1) is 0 Å². The fourth-order valence-corrected chi connectivity index (χ4v) is 6.90.